The molecule has 0 aliphatic heterocycles. The SMILES string of the molecule is CCCNC(=O)CNC(=O)c1ccc(-n2ccnc2)cc1. The van der Waals surface area contributed by atoms with Crippen molar-refractivity contribution in [2.24, 2.45) is 0 Å². The van der Waals surface area contributed by atoms with E-state index >= 15 is 0 Å². The highest BCUT2D eigenvalue weighted by atomic mass is 16.2. The zero-order valence-corrected chi connectivity index (χ0v) is 11.9. The van der Waals surface area contributed by atoms with E-state index in [0.29, 0.717) is 12.1 Å². The lowest BCUT2D eigenvalue weighted by Crippen LogP contribution is -2.37. The standard InChI is InChI=1S/C15H18N4O2/c1-2-7-17-14(20)10-18-15(21)12-3-5-13(6-4-12)19-9-8-16-11-19/h3-6,8-9,11H,2,7,10H2,1H3,(H,17,20)(H,18,21). The van der Waals surface area contributed by atoms with Crippen molar-refractivity contribution in [3.05, 3.63) is 48.5 Å². The molecule has 2 N–H and O–H groups in total. The first-order valence-corrected chi connectivity index (χ1v) is 6.84. The Morgan fingerprint density at radius 2 is 1.95 bits per heavy atom. The maximum absolute atomic E-state index is 11.9. The van der Waals surface area contributed by atoms with Crippen LogP contribution < -0.4 is 10.6 Å². The molecule has 6 heteroatoms. The Morgan fingerprint density at radius 3 is 2.57 bits per heavy atom. The molecule has 0 spiro atoms. The summed E-state index contributed by atoms with van der Waals surface area (Å²) >= 11 is 0. The van der Waals surface area contributed by atoms with E-state index in [2.05, 4.69) is 15.6 Å². The van der Waals surface area contributed by atoms with Crippen molar-refractivity contribution in [2.45, 2.75) is 13.3 Å². The van der Waals surface area contributed by atoms with E-state index in [1.807, 2.05) is 29.8 Å². The Balaban J connectivity index is 1.90. The molecule has 0 unspecified atom stereocenters. The van der Waals surface area contributed by atoms with Gasteiger partial charge in [0, 0.05) is 30.2 Å². The largest absolute Gasteiger partial charge is 0.355 e. The Bertz CT molecular complexity index is 591. The fraction of sp³-hybridized carbons (Fsp3) is 0.267. The smallest absolute Gasteiger partial charge is 0.251 e. The van der Waals surface area contributed by atoms with Crippen LogP contribution in [0.1, 0.15) is 23.7 Å². The van der Waals surface area contributed by atoms with Gasteiger partial charge in [-0.15, -0.1) is 0 Å². The van der Waals surface area contributed by atoms with Crippen LogP contribution in [-0.2, 0) is 4.79 Å². The van der Waals surface area contributed by atoms with Crippen molar-refractivity contribution in [2.75, 3.05) is 13.1 Å². The average Bonchev–Trinajstić information content (AvgIpc) is 3.05. The number of carbonyl (C=O) groups excluding carboxylic acids is 2. The van der Waals surface area contributed by atoms with Crippen molar-refractivity contribution in [3.8, 4) is 5.69 Å². The molecule has 0 saturated carbocycles. The van der Waals surface area contributed by atoms with Crippen molar-refractivity contribution in [1.29, 1.82) is 0 Å². The molecular weight excluding hydrogens is 268 g/mol. The topological polar surface area (TPSA) is 76.0 Å². The van der Waals surface area contributed by atoms with E-state index in [-0.39, 0.29) is 18.4 Å². The van der Waals surface area contributed by atoms with Gasteiger partial charge in [-0.1, -0.05) is 6.92 Å². The van der Waals surface area contributed by atoms with Crippen LogP contribution in [0.2, 0.25) is 0 Å². The number of hydrogen-bond acceptors (Lipinski definition) is 3. The predicted molar refractivity (Wildman–Crippen MR) is 79.2 cm³/mol. The third-order valence-corrected chi connectivity index (χ3v) is 2.91. The highest BCUT2D eigenvalue weighted by Crippen LogP contribution is 2.09. The summed E-state index contributed by atoms with van der Waals surface area (Å²) in [6.45, 7) is 2.58. The quantitative estimate of drug-likeness (QED) is 0.835. The van der Waals surface area contributed by atoms with Crippen molar-refractivity contribution in [1.82, 2.24) is 20.2 Å². The predicted octanol–water partition coefficient (Wildman–Crippen LogP) is 1.13. The summed E-state index contributed by atoms with van der Waals surface area (Å²) in [6, 6.07) is 7.09. The van der Waals surface area contributed by atoms with Gasteiger partial charge in [0.15, 0.2) is 0 Å². The van der Waals surface area contributed by atoms with Crippen molar-refractivity contribution in [3.63, 3.8) is 0 Å². The van der Waals surface area contributed by atoms with Gasteiger partial charge in [0.1, 0.15) is 0 Å². The van der Waals surface area contributed by atoms with Gasteiger partial charge in [0.25, 0.3) is 5.91 Å². The van der Waals surface area contributed by atoms with E-state index in [4.69, 9.17) is 0 Å². The monoisotopic (exact) mass is 286 g/mol. The molecule has 21 heavy (non-hydrogen) atoms. The lowest BCUT2D eigenvalue weighted by molar-refractivity contribution is -0.120. The van der Waals surface area contributed by atoms with Crippen LogP contribution in [0, 0.1) is 0 Å². The number of imidazole rings is 1. The van der Waals surface area contributed by atoms with Gasteiger partial charge in [0.2, 0.25) is 5.91 Å². The minimum absolute atomic E-state index is 0.0118. The van der Waals surface area contributed by atoms with Crippen molar-refractivity contribution >= 4 is 11.8 Å². The number of hydrogen-bond donors (Lipinski definition) is 2. The molecule has 0 aliphatic carbocycles. The van der Waals surface area contributed by atoms with Crippen LogP contribution in [0.15, 0.2) is 43.0 Å². The van der Waals surface area contributed by atoms with Crippen LogP contribution in [0.3, 0.4) is 0 Å². The molecular formula is C15H18N4O2. The summed E-state index contributed by atoms with van der Waals surface area (Å²) in [6.07, 6.45) is 6.07. The number of rotatable bonds is 6. The van der Waals surface area contributed by atoms with E-state index in [9.17, 15) is 9.59 Å². The fourth-order valence-corrected chi connectivity index (χ4v) is 1.79. The number of aromatic nitrogens is 2. The molecule has 0 atom stereocenters. The summed E-state index contributed by atoms with van der Waals surface area (Å²) in [5.41, 5.74) is 1.44. The molecule has 1 aromatic heterocycles. The zero-order chi connectivity index (χ0) is 15.1. The number of amides is 2. The van der Waals surface area contributed by atoms with Crippen LogP contribution in [0.5, 0.6) is 0 Å². The normalized spacial score (nSPS) is 10.1. The van der Waals surface area contributed by atoms with Gasteiger partial charge in [-0.3, -0.25) is 9.59 Å². The van der Waals surface area contributed by atoms with Crippen molar-refractivity contribution < 1.29 is 9.59 Å². The Kier molecular flexibility index (Phi) is 5.09. The highest BCUT2D eigenvalue weighted by molar-refractivity contribution is 5.96. The van der Waals surface area contributed by atoms with E-state index in [0.717, 1.165) is 12.1 Å². The molecule has 0 radical (unpaired) electrons. The summed E-state index contributed by atoms with van der Waals surface area (Å²) in [7, 11) is 0. The van der Waals surface area contributed by atoms with E-state index in [1.54, 1.807) is 24.7 Å². The maximum atomic E-state index is 11.9. The highest BCUT2D eigenvalue weighted by Gasteiger charge is 2.07. The second-order valence-corrected chi connectivity index (χ2v) is 4.55. The second kappa shape index (κ2) is 7.23. The van der Waals surface area contributed by atoms with Crippen LogP contribution in [0.4, 0.5) is 0 Å². The number of nitrogens with one attached hydrogen (secondary N) is 2. The third-order valence-electron chi connectivity index (χ3n) is 2.91. The summed E-state index contributed by atoms with van der Waals surface area (Å²) < 4.78 is 1.85. The molecule has 2 rings (SSSR count). The van der Waals surface area contributed by atoms with E-state index < -0.39 is 0 Å². The van der Waals surface area contributed by atoms with Crippen LogP contribution in [-0.4, -0.2) is 34.5 Å². The lowest BCUT2D eigenvalue weighted by Gasteiger charge is -2.07. The first kappa shape index (κ1) is 14.8. The summed E-state index contributed by atoms with van der Waals surface area (Å²) in [4.78, 5) is 27.3. The van der Waals surface area contributed by atoms with Gasteiger partial charge >= 0.3 is 0 Å². The minimum Gasteiger partial charge on any atom is -0.355 e. The van der Waals surface area contributed by atoms with Gasteiger partial charge in [0.05, 0.1) is 12.9 Å². The van der Waals surface area contributed by atoms with Crippen LogP contribution in [0.25, 0.3) is 5.69 Å². The first-order valence-electron chi connectivity index (χ1n) is 6.84. The third kappa shape index (κ3) is 4.17. The minimum atomic E-state index is -0.265. The van der Waals surface area contributed by atoms with Gasteiger partial charge < -0.3 is 15.2 Å². The molecule has 1 aromatic carbocycles. The molecule has 0 saturated heterocycles. The Hall–Kier alpha value is -2.63. The zero-order valence-electron chi connectivity index (χ0n) is 11.9. The molecule has 0 fully saturated rings. The summed E-state index contributed by atoms with van der Waals surface area (Å²) in [5, 5.41) is 5.29. The van der Waals surface area contributed by atoms with Gasteiger partial charge in [-0.25, -0.2) is 4.98 Å². The number of nitrogens with zero attached hydrogens (tertiary/aromatic N) is 2. The molecule has 0 aliphatic rings. The summed E-state index contributed by atoms with van der Waals surface area (Å²) in [5.74, 6) is -0.445. The Labute approximate surface area is 123 Å². The number of carbonyl (C=O) groups is 2. The fourth-order valence-electron chi connectivity index (χ4n) is 1.79. The van der Waals surface area contributed by atoms with E-state index in [1.165, 1.54) is 0 Å². The lowest BCUT2D eigenvalue weighted by atomic mass is 10.2. The van der Waals surface area contributed by atoms with Gasteiger partial charge in [-0.05, 0) is 30.7 Å². The second-order valence-electron chi connectivity index (χ2n) is 4.55. The average molecular weight is 286 g/mol. The number of benzene rings is 1. The molecule has 6 nitrogen and oxygen atoms in total. The maximum Gasteiger partial charge on any atom is 0.251 e. The molecule has 1 heterocycles. The van der Waals surface area contributed by atoms with Crippen LogP contribution >= 0.6 is 0 Å². The molecule has 0 bridgehead atoms. The Morgan fingerprint density at radius 1 is 1.19 bits per heavy atom. The van der Waals surface area contributed by atoms with Gasteiger partial charge in [-0.2, -0.15) is 0 Å². The first-order chi connectivity index (χ1) is 10.2. The molecule has 2 amide bonds. The molecule has 2 aromatic rings. The molecule has 110 valence electrons.